The van der Waals surface area contributed by atoms with Crippen LogP contribution in [0.4, 0.5) is 0 Å². The number of hydrogen-bond donors (Lipinski definition) is 1. The van der Waals surface area contributed by atoms with Crippen molar-refractivity contribution >= 4 is 23.3 Å². The molecular weight excluding hydrogens is 184 g/mol. The maximum absolute atomic E-state index is 10.7. The lowest BCUT2D eigenvalue weighted by molar-refractivity contribution is -0.119. The lowest BCUT2D eigenvalue weighted by atomic mass is 10.3. The average Bonchev–Trinajstić information content (AvgIpc) is 2.50. The second-order valence-corrected chi connectivity index (χ2v) is 3.63. The third kappa shape index (κ3) is 2.66. The van der Waals surface area contributed by atoms with Gasteiger partial charge in [-0.05, 0) is 13.0 Å². The Hall–Kier alpha value is -1.16. The number of rotatable bonds is 3. The monoisotopic (exact) mass is 196 g/mol. The van der Waals surface area contributed by atoms with E-state index < -0.39 is 0 Å². The first-order valence-corrected chi connectivity index (χ1v) is 4.86. The normalized spacial score (nSPS) is 12.2. The number of carbonyl (C=O) groups is 1. The average molecular weight is 196 g/mol. The number of nitrogens with zero attached hydrogens (tertiary/aromatic N) is 1. The standard InChI is InChI=1S/C9H12N2OS/c1-4-8-5-13-9(11-8)6(2)10-7(3)12/h4-6H,1H2,2-3H3,(H,10,12)/t6-/m1/s1. The molecule has 0 saturated carbocycles. The first-order chi connectivity index (χ1) is 6.13. The summed E-state index contributed by atoms with van der Waals surface area (Å²) in [5.74, 6) is -0.0390. The third-order valence-corrected chi connectivity index (χ3v) is 2.58. The molecule has 3 nitrogen and oxygen atoms in total. The quantitative estimate of drug-likeness (QED) is 0.803. The Morgan fingerprint density at radius 3 is 3.00 bits per heavy atom. The minimum atomic E-state index is -0.0390. The Balaban J connectivity index is 2.70. The van der Waals surface area contributed by atoms with Gasteiger partial charge in [-0.3, -0.25) is 4.79 Å². The van der Waals surface area contributed by atoms with Crippen LogP contribution in [0.15, 0.2) is 12.0 Å². The molecule has 1 N–H and O–H groups in total. The molecular formula is C9H12N2OS. The number of nitrogens with one attached hydrogen (secondary N) is 1. The summed E-state index contributed by atoms with van der Waals surface area (Å²) in [6.07, 6.45) is 1.69. The highest BCUT2D eigenvalue weighted by atomic mass is 32.1. The summed E-state index contributed by atoms with van der Waals surface area (Å²) in [7, 11) is 0. The van der Waals surface area contributed by atoms with Crippen LogP contribution in [0.25, 0.3) is 6.08 Å². The van der Waals surface area contributed by atoms with E-state index in [9.17, 15) is 4.79 Å². The van der Waals surface area contributed by atoms with Crippen LogP contribution in [0.1, 0.15) is 30.6 Å². The van der Waals surface area contributed by atoms with E-state index in [0.717, 1.165) is 10.7 Å². The molecule has 0 spiro atoms. The van der Waals surface area contributed by atoms with Gasteiger partial charge in [0.2, 0.25) is 5.91 Å². The molecule has 1 atom stereocenters. The Labute approximate surface area is 81.5 Å². The Morgan fingerprint density at radius 2 is 2.54 bits per heavy atom. The van der Waals surface area contributed by atoms with Crippen LogP contribution in [-0.4, -0.2) is 10.9 Å². The van der Waals surface area contributed by atoms with Crippen molar-refractivity contribution in [2.45, 2.75) is 19.9 Å². The second-order valence-electron chi connectivity index (χ2n) is 2.74. The summed E-state index contributed by atoms with van der Waals surface area (Å²) < 4.78 is 0. The van der Waals surface area contributed by atoms with E-state index in [0.29, 0.717) is 0 Å². The smallest absolute Gasteiger partial charge is 0.217 e. The largest absolute Gasteiger partial charge is 0.347 e. The van der Waals surface area contributed by atoms with Crippen LogP contribution >= 0.6 is 11.3 Å². The summed E-state index contributed by atoms with van der Waals surface area (Å²) >= 11 is 1.53. The molecule has 1 amide bonds. The first kappa shape index (κ1) is 9.92. The summed E-state index contributed by atoms with van der Waals surface area (Å²) in [5.41, 5.74) is 0.859. The first-order valence-electron chi connectivity index (χ1n) is 3.98. The molecule has 0 aliphatic heterocycles. The maximum Gasteiger partial charge on any atom is 0.217 e. The Morgan fingerprint density at radius 1 is 1.85 bits per heavy atom. The predicted octanol–water partition coefficient (Wildman–Crippen LogP) is 1.98. The van der Waals surface area contributed by atoms with Gasteiger partial charge in [-0.1, -0.05) is 6.58 Å². The molecule has 13 heavy (non-hydrogen) atoms. The molecule has 0 aliphatic rings. The zero-order chi connectivity index (χ0) is 9.84. The van der Waals surface area contributed by atoms with E-state index in [2.05, 4.69) is 16.9 Å². The minimum absolute atomic E-state index is 0.0174. The van der Waals surface area contributed by atoms with E-state index in [-0.39, 0.29) is 11.9 Å². The molecule has 1 aromatic rings. The van der Waals surface area contributed by atoms with Gasteiger partial charge in [0.1, 0.15) is 5.01 Å². The van der Waals surface area contributed by atoms with Gasteiger partial charge < -0.3 is 5.32 Å². The van der Waals surface area contributed by atoms with Crippen molar-refractivity contribution in [1.82, 2.24) is 10.3 Å². The van der Waals surface area contributed by atoms with Gasteiger partial charge in [-0.25, -0.2) is 4.98 Å². The van der Waals surface area contributed by atoms with E-state index in [1.54, 1.807) is 6.08 Å². The van der Waals surface area contributed by atoms with Crippen molar-refractivity contribution in [1.29, 1.82) is 0 Å². The fraction of sp³-hybridized carbons (Fsp3) is 0.333. The van der Waals surface area contributed by atoms with Crippen LogP contribution in [0.3, 0.4) is 0 Å². The molecule has 1 rings (SSSR count). The molecule has 0 saturated heterocycles. The molecule has 70 valence electrons. The molecule has 1 heterocycles. The molecule has 4 heteroatoms. The Kier molecular flexibility index (Phi) is 3.19. The van der Waals surface area contributed by atoms with Gasteiger partial charge in [-0.2, -0.15) is 0 Å². The molecule has 1 aromatic heterocycles. The highest BCUT2D eigenvalue weighted by Crippen LogP contribution is 2.18. The zero-order valence-electron chi connectivity index (χ0n) is 7.70. The highest BCUT2D eigenvalue weighted by molar-refractivity contribution is 7.09. The van der Waals surface area contributed by atoms with Crippen LogP contribution < -0.4 is 5.32 Å². The van der Waals surface area contributed by atoms with Gasteiger partial charge in [-0.15, -0.1) is 11.3 Å². The van der Waals surface area contributed by atoms with Crippen molar-refractivity contribution in [2.75, 3.05) is 0 Å². The van der Waals surface area contributed by atoms with Crippen LogP contribution in [0, 0.1) is 0 Å². The van der Waals surface area contributed by atoms with Gasteiger partial charge in [0.15, 0.2) is 0 Å². The minimum Gasteiger partial charge on any atom is -0.347 e. The van der Waals surface area contributed by atoms with Gasteiger partial charge in [0, 0.05) is 12.3 Å². The topological polar surface area (TPSA) is 42.0 Å². The number of amides is 1. The van der Waals surface area contributed by atoms with Crippen molar-refractivity contribution < 1.29 is 4.79 Å². The lowest BCUT2D eigenvalue weighted by Gasteiger charge is -2.07. The number of carbonyl (C=O) groups excluding carboxylic acids is 1. The highest BCUT2D eigenvalue weighted by Gasteiger charge is 2.09. The third-order valence-electron chi connectivity index (χ3n) is 1.54. The lowest BCUT2D eigenvalue weighted by Crippen LogP contribution is -2.23. The van der Waals surface area contributed by atoms with Crippen LogP contribution in [0.5, 0.6) is 0 Å². The zero-order valence-corrected chi connectivity index (χ0v) is 8.52. The van der Waals surface area contributed by atoms with Crippen molar-refractivity contribution in [3.63, 3.8) is 0 Å². The van der Waals surface area contributed by atoms with Crippen LogP contribution in [0.2, 0.25) is 0 Å². The van der Waals surface area contributed by atoms with Gasteiger partial charge in [0.05, 0.1) is 11.7 Å². The fourth-order valence-electron chi connectivity index (χ4n) is 0.960. The van der Waals surface area contributed by atoms with E-state index in [1.807, 2.05) is 12.3 Å². The van der Waals surface area contributed by atoms with E-state index in [4.69, 9.17) is 0 Å². The van der Waals surface area contributed by atoms with E-state index >= 15 is 0 Å². The van der Waals surface area contributed by atoms with Crippen molar-refractivity contribution in [3.05, 3.63) is 22.7 Å². The number of aromatic nitrogens is 1. The molecule has 0 aromatic carbocycles. The Bertz CT molecular complexity index is 319. The molecule has 0 unspecified atom stereocenters. The predicted molar refractivity (Wildman–Crippen MR) is 54.4 cm³/mol. The molecule has 0 radical (unpaired) electrons. The summed E-state index contributed by atoms with van der Waals surface area (Å²) in [6.45, 7) is 7.03. The van der Waals surface area contributed by atoms with E-state index in [1.165, 1.54) is 18.3 Å². The summed E-state index contributed by atoms with van der Waals surface area (Å²) in [5, 5.41) is 5.60. The molecule has 0 bridgehead atoms. The summed E-state index contributed by atoms with van der Waals surface area (Å²) in [6, 6.07) is -0.0174. The SMILES string of the molecule is C=Cc1csc([C@@H](C)NC(C)=O)n1. The maximum atomic E-state index is 10.7. The number of hydrogen-bond acceptors (Lipinski definition) is 3. The molecule has 0 aliphatic carbocycles. The fourth-order valence-corrected chi connectivity index (χ4v) is 1.77. The van der Waals surface area contributed by atoms with Crippen molar-refractivity contribution in [2.24, 2.45) is 0 Å². The molecule has 0 fully saturated rings. The summed E-state index contributed by atoms with van der Waals surface area (Å²) in [4.78, 5) is 15.0. The van der Waals surface area contributed by atoms with Gasteiger partial charge >= 0.3 is 0 Å². The van der Waals surface area contributed by atoms with Gasteiger partial charge in [0.25, 0.3) is 0 Å². The second kappa shape index (κ2) is 4.18. The van der Waals surface area contributed by atoms with Crippen molar-refractivity contribution in [3.8, 4) is 0 Å². The van der Waals surface area contributed by atoms with Crippen LogP contribution in [-0.2, 0) is 4.79 Å². The number of thiazole rings is 1.